The minimum absolute atomic E-state index is 0.264. The number of aromatic nitrogens is 2. The molecule has 0 unspecified atom stereocenters. The van der Waals surface area contributed by atoms with E-state index in [0.717, 1.165) is 42.1 Å². The second-order valence-corrected chi connectivity index (χ2v) is 8.21. The Morgan fingerprint density at radius 2 is 2.06 bits per heavy atom. The van der Waals surface area contributed by atoms with Gasteiger partial charge in [0.05, 0.1) is 16.9 Å². The predicted molar refractivity (Wildman–Crippen MR) is 121 cm³/mol. The molecule has 7 nitrogen and oxygen atoms in total. The van der Waals surface area contributed by atoms with Gasteiger partial charge in [0.15, 0.2) is 5.76 Å². The maximum absolute atomic E-state index is 11.6. The molecular weight excluding hydrogens is 392 g/mol. The monoisotopic (exact) mass is 420 g/mol. The average molecular weight is 421 g/mol. The van der Waals surface area contributed by atoms with Gasteiger partial charge in [-0.25, -0.2) is 4.79 Å². The molecule has 162 valence electrons. The van der Waals surface area contributed by atoms with Gasteiger partial charge in [0.2, 0.25) is 0 Å². The third-order valence-electron chi connectivity index (χ3n) is 6.18. The summed E-state index contributed by atoms with van der Waals surface area (Å²) in [7, 11) is 2.04. The molecule has 0 bridgehead atoms. The number of anilines is 3. The van der Waals surface area contributed by atoms with Crippen LogP contribution in [0.4, 0.5) is 17.1 Å². The van der Waals surface area contributed by atoms with Crippen LogP contribution in [0.1, 0.15) is 57.4 Å². The van der Waals surface area contributed by atoms with Crippen molar-refractivity contribution in [2.45, 2.75) is 46.0 Å². The second-order valence-electron chi connectivity index (χ2n) is 8.21. The van der Waals surface area contributed by atoms with Crippen molar-refractivity contribution >= 4 is 23.0 Å². The van der Waals surface area contributed by atoms with Crippen LogP contribution in [0.25, 0.3) is 0 Å². The Morgan fingerprint density at radius 3 is 2.77 bits per heavy atom. The first-order valence-corrected chi connectivity index (χ1v) is 10.6. The Bertz CT molecular complexity index is 1100. The van der Waals surface area contributed by atoms with Crippen molar-refractivity contribution in [2.75, 3.05) is 23.8 Å². The van der Waals surface area contributed by atoms with Gasteiger partial charge in [-0.1, -0.05) is 11.2 Å². The molecular formula is C24H28N4O3. The van der Waals surface area contributed by atoms with E-state index < -0.39 is 5.97 Å². The zero-order valence-corrected chi connectivity index (χ0v) is 18.4. The lowest BCUT2D eigenvalue weighted by atomic mass is 9.82. The number of carbonyl (C=O) groups is 1. The standard InChI is InChI=1S/C24H28N4O3/c1-14-22(21(24(29)30)10-11-25-14)26-13-18-7-5-6-17-12-19(8-9-20(17)18)28(4)23-15(2)27-31-16(23)3/h8-12,18,26H,5-7,13H2,1-4H3,(H,29,30)/t18-/m0/s1. The van der Waals surface area contributed by atoms with Crippen LogP contribution in [-0.4, -0.2) is 34.8 Å². The number of fused-ring (bicyclic) bond motifs is 1. The Hall–Kier alpha value is -3.35. The molecule has 3 aromatic rings. The number of nitrogens with one attached hydrogen (secondary N) is 1. The molecule has 1 atom stereocenters. The van der Waals surface area contributed by atoms with Crippen LogP contribution in [0.2, 0.25) is 0 Å². The Labute approximate surface area is 182 Å². The van der Waals surface area contributed by atoms with E-state index in [4.69, 9.17) is 4.52 Å². The fourth-order valence-electron chi connectivity index (χ4n) is 4.60. The molecule has 1 aliphatic rings. The van der Waals surface area contributed by atoms with Gasteiger partial charge in [-0.3, -0.25) is 4.98 Å². The SMILES string of the molecule is Cc1nccc(C(=O)O)c1NC[C@@H]1CCCc2cc(N(C)c3c(C)noc3C)ccc21. The fourth-order valence-corrected chi connectivity index (χ4v) is 4.60. The van der Waals surface area contributed by atoms with Gasteiger partial charge in [-0.05, 0) is 69.4 Å². The third-order valence-corrected chi connectivity index (χ3v) is 6.18. The topological polar surface area (TPSA) is 91.5 Å². The Balaban J connectivity index is 1.57. The lowest BCUT2D eigenvalue weighted by molar-refractivity contribution is 0.0697. The molecule has 0 spiro atoms. The van der Waals surface area contributed by atoms with Crippen molar-refractivity contribution in [3.05, 3.63) is 64.3 Å². The minimum atomic E-state index is -0.941. The van der Waals surface area contributed by atoms with E-state index in [9.17, 15) is 9.90 Å². The molecule has 31 heavy (non-hydrogen) atoms. The number of carboxylic acid groups (broad SMARTS) is 1. The predicted octanol–water partition coefficient (Wildman–Crippen LogP) is 4.99. The normalized spacial score (nSPS) is 15.4. The van der Waals surface area contributed by atoms with Crippen molar-refractivity contribution < 1.29 is 14.4 Å². The van der Waals surface area contributed by atoms with Crippen LogP contribution in [0.3, 0.4) is 0 Å². The third kappa shape index (κ3) is 4.00. The van der Waals surface area contributed by atoms with Gasteiger partial charge in [0, 0.05) is 31.4 Å². The highest BCUT2D eigenvalue weighted by Crippen LogP contribution is 2.37. The van der Waals surface area contributed by atoms with Crippen molar-refractivity contribution in [3.63, 3.8) is 0 Å². The smallest absolute Gasteiger partial charge is 0.337 e. The van der Waals surface area contributed by atoms with Crippen molar-refractivity contribution in [1.29, 1.82) is 0 Å². The van der Waals surface area contributed by atoms with E-state index in [2.05, 4.69) is 38.6 Å². The summed E-state index contributed by atoms with van der Waals surface area (Å²) in [5.74, 6) is 0.188. The molecule has 2 heterocycles. The summed E-state index contributed by atoms with van der Waals surface area (Å²) in [5.41, 5.74) is 7.23. The molecule has 4 rings (SSSR count). The Morgan fingerprint density at radius 1 is 1.26 bits per heavy atom. The van der Waals surface area contributed by atoms with Crippen molar-refractivity contribution in [3.8, 4) is 0 Å². The first kappa shape index (κ1) is 20.9. The lowest BCUT2D eigenvalue weighted by Crippen LogP contribution is -2.20. The molecule has 1 aliphatic carbocycles. The summed E-state index contributed by atoms with van der Waals surface area (Å²) >= 11 is 0. The van der Waals surface area contributed by atoms with Crippen LogP contribution in [0, 0.1) is 20.8 Å². The zero-order chi connectivity index (χ0) is 22.1. The van der Waals surface area contributed by atoms with Gasteiger partial charge < -0.3 is 19.8 Å². The summed E-state index contributed by atoms with van der Waals surface area (Å²) in [6, 6.07) is 8.15. The largest absolute Gasteiger partial charge is 0.478 e. The average Bonchev–Trinajstić information content (AvgIpc) is 3.09. The van der Waals surface area contributed by atoms with E-state index in [1.165, 1.54) is 17.3 Å². The number of rotatable bonds is 6. The summed E-state index contributed by atoms with van der Waals surface area (Å²) in [6.07, 6.45) is 4.76. The number of hydrogen-bond acceptors (Lipinski definition) is 6. The first-order chi connectivity index (χ1) is 14.9. The van der Waals surface area contributed by atoms with Gasteiger partial charge >= 0.3 is 5.97 Å². The highest BCUT2D eigenvalue weighted by Gasteiger charge is 2.23. The number of nitrogens with zero attached hydrogens (tertiary/aromatic N) is 3. The second kappa shape index (κ2) is 8.41. The number of aromatic carboxylic acids is 1. The highest BCUT2D eigenvalue weighted by molar-refractivity contribution is 5.94. The number of pyridine rings is 1. The molecule has 0 amide bonds. The van der Waals surface area contributed by atoms with Crippen molar-refractivity contribution in [2.24, 2.45) is 0 Å². The molecule has 0 saturated heterocycles. The summed E-state index contributed by atoms with van der Waals surface area (Å²) in [5, 5.41) is 16.9. The lowest BCUT2D eigenvalue weighted by Gasteiger charge is -2.28. The quantitative estimate of drug-likeness (QED) is 0.580. The van der Waals surface area contributed by atoms with Crippen LogP contribution in [-0.2, 0) is 6.42 Å². The molecule has 0 aliphatic heterocycles. The van der Waals surface area contributed by atoms with E-state index in [1.54, 1.807) is 6.07 Å². The number of carboxylic acids is 1. The van der Waals surface area contributed by atoms with Crippen LogP contribution in [0.15, 0.2) is 35.0 Å². The van der Waals surface area contributed by atoms with E-state index >= 15 is 0 Å². The molecule has 7 heteroatoms. The number of aryl methyl sites for hydroxylation is 4. The zero-order valence-electron chi connectivity index (χ0n) is 18.4. The van der Waals surface area contributed by atoms with E-state index in [-0.39, 0.29) is 5.56 Å². The molecule has 2 aromatic heterocycles. The van der Waals surface area contributed by atoms with E-state index in [1.807, 2.05) is 27.8 Å². The fraction of sp³-hybridized carbons (Fsp3) is 0.375. The summed E-state index contributed by atoms with van der Waals surface area (Å²) < 4.78 is 5.33. The van der Waals surface area contributed by atoms with Gasteiger partial charge in [0.25, 0.3) is 0 Å². The number of benzene rings is 1. The molecule has 1 aromatic carbocycles. The molecule has 0 fully saturated rings. The minimum Gasteiger partial charge on any atom is -0.478 e. The van der Waals surface area contributed by atoms with Crippen LogP contribution >= 0.6 is 0 Å². The maximum Gasteiger partial charge on any atom is 0.337 e. The molecule has 2 N–H and O–H groups in total. The van der Waals surface area contributed by atoms with Crippen molar-refractivity contribution in [1.82, 2.24) is 10.1 Å². The summed E-state index contributed by atoms with van der Waals surface area (Å²) in [4.78, 5) is 18.0. The molecule has 0 saturated carbocycles. The maximum atomic E-state index is 11.6. The number of hydrogen-bond donors (Lipinski definition) is 2. The van der Waals surface area contributed by atoms with Crippen LogP contribution in [0.5, 0.6) is 0 Å². The van der Waals surface area contributed by atoms with Gasteiger partial charge in [-0.15, -0.1) is 0 Å². The molecule has 0 radical (unpaired) electrons. The van der Waals surface area contributed by atoms with Gasteiger partial charge in [0.1, 0.15) is 11.4 Å². The highest BCUT2D eigenvalue weighted by atomic mass is 16.5. The summed E-state index contributed by atoms with van der Waals surface area (Å²) in [6.45, 7) is 6.39. The van der Waals surface area contributed by atoms with E-state index in [0.29, 0.717) is 23.8 Å². The first-order valence-electron chi connectivity index (χ1n) is 10.6. The van der Waals surface area contributed by atoms with Gasteiger partial charge in [-0.2, -0.15) is 0 Å². The van der Waals surface area contributed by atoms with Crippen LogP contribution < -0.4 is 10.2 Å². The Kier molecular flexibility index (Phi) is 5.67.